The molecule has 35 heavy (non-hydrogen) atoms. The molecular formula is C15H8F6IN3O8S2. The Labute approximate surface area is 198 Å². The topological polar surface area (TPSA) is 158 Å². The third-order valence-corrected chi connectivity index (χ3v) is 17.7. The van der Waals surface area contributed by atoms with E-state index in [0.717, 1.165) is 0 Å². The van der Waals surface area contributed by atoms with Crippen molar-refractivity contribution in [1.82, 2.24) is 1.92 Å². The van der Waals surface area contributed by atoms with Crippen molar-refractivity contribution in [3.63, 3.8) is 0 Å². The van der Waals surface area contributed by atoms with Crippen molar-refractivity contribution in [2.24, 2.45) is 0 Å². The summed E-state index contributed by atoms with van der Waals surface area (Å²) in [5.41, 5.74) is -1.31. The zero-order chi connectivity index (χ0) is 26.8. The zero-order valence-corrected chi connectivity index (χ0v) is 20.0. The summed E-state index contributed by atoms with van der Waals surface area (Å²) in [6.07, 6.45) is 0. The molecule has 1 heterocycles. The second-order valence-corrected chi connectivity index (χ2v) is 16.7. The number of hydrogen-bond donors (Lipinski definition) is 0. The van der Waals surface area contributed by atoms with E-state index in [0.29, 0.717) is 48.5 Å². The molecule has 11 nitrogen and oxygen atoms in total. The number of nitro benzene ring substituents is 2. The predicted molar refractivity (Wildman–Crippen MR) is 112 cm³/mol. The number of nitro groups is 2. The Bertz CT molecular complexity index is 1310. The summed E-state index contributed by atoms with van der Waals surface area (Å²) in [5, 5.41) is 8.57. The van der Waals surface area contributed by atoms with Gasteiger partial charge in [0.2, 0.25) is 0 Å². The fraction of sp³-hybridized carbons (Fsp3) is 0.200. The van der Waals surface area contributed by atoms with Crippen molar-refractivity contribution in [2.45, 2.75) is 16.4 Å². The van der Waals surface area contributed by atoms with Crippen LogP contribution in [0.1, 0.15) is 0 Å². The van der Waals surface area contributed by atoms with Crippen LogP contribution in [0.15, 0.2) is 48.5 Å². The number of hydrogen-bond acceptors (Lipinski definition) is 8. The fourth-order valence-corrected chi connectivity index (χ4v) is 16.4. The Morgan fingerprint density at radius 2 is 0.943 bits per heavy atom. The van der Waals surface area contributed by atoms with Crippen molar-refractivity contribution in [1.29, 1.82) is 0 Å². The van der Waals surface area contributed by atoms with Crippen LogP contribution >= 0.6 is 20.1 Å². The van der Waals surface area contributed by atoms with Gasteiger partial charge >= 0.3 is 199 Å². The first-order valence-electron chi connectivity index (χ1n) is 8.44. The van der Waals surface area contributed by atoms with Gasteiger partial charge in [-0.05, 0) is 0 Å². The predicted octanol–water partition coefficient (Wildman–Crippen LogP) is 3.76. The van der Waals surface area contributed by atoms with E-state index in [4.69, 9.17) is 0 Å². The standard InChI is InChI=1S/C15H8F6IN3O8S2/c16-13(17)14(18,19)34(30,31)25(35(32,33)15(13,20)21)22(9-1-5-11(6-2-9)23(26)27)10-3-7-12(8-4-10)24(28)29/h1-8H. The van der Waals surface area contributed by atoms with E-state index >= 15 is 0 Å². The molecule has 2 aromatic carbocycles. The third kappa shape index (κ3) is 3.72. The molecule has 0 amide bonds. The van der Waals surface area contributed by atoms with Crippen LogP contribution in [0.3, 0.4) is 0 Å². The summed E-state index contributed by atoms with van der Waals surface area (Å²) >= 11 is -4.94. The second-order valence-electron chi connectivity index (χ2n) is 6.50. The summed E-state index contributed by atoms with van der Waals surface area (Å²) in [4.78, 5) is 19.8. The van der Waals surface area contributed by atoms with Gasteiger partial charge in [-0.25, -0.2) is 0 Å². The van der Waals surface area contributed by atoms with E-state index in [9.17, 15) is 63.4 Å². The minimum atomic E-state index is -7.05. The van der Waals surface area contributed by atoms with E-state index in [1.807, 2.05) is 0 Å². The van der Waals surface area contributed by atoms with Gasteiger partial charge in [0.05, 0.1) is 0 Å². The molecule has 1 aliphatic rings. The molecule has 0 aliphatic carbocycles. The number of sulfonamides is 2. The Morgan fingerprint density at radius 3 is 1.20 bits per heavy atom. The van der Waals surface area contributed by atoms with Crippen LogP contribution in [0, 0.1) is 27.4 Å². The Hall–Kier alpha value is -2.59. The average molecular weight is 663 g/mol. The van der Waals surface area contributed by atoms with Crippen LogP contribution in [-0.2, 0) is 20.0 Å². The van der Waals surface area contributed by atoms with Gasteiger partial charge in [-0.1, -0.05) is 0 Å². The van der Waals surface area contributed by atoms with E-state index in [2.05, 4.69) is 0 Å². The molecule has 2 aromatic rings. The number of alkyl halides is 6. The van der Waals surface area contributed by atoms with E-state index in [-0.39, 0.29) is 0 Å². The zero-order valence-electron chi connectivity index (χ0n) is 16.2. The van der Waals surface area contributed by atoms with Gasteiger partial charge < -0.3 is 0 Å². The third-order valence-electron chi connectivity index (χ3n) is 4.38. The van der Waals surface area contributed by atoms with Gasteiger partial charge in [0.15, 0.2) is 0 Å². The van der Waals surface area contributed by atoms with Crippen molar-refractivity contribution in [3.05, 3.63) is 75.9 Å². The quantitative estimate of drug-likeness (QED) is 0.154. The first kappa shape index (κ1) is 27.0. The summed E-state index contributed by atoms with van der Waals surface area (Å²) in [5.74, 6) is -6.86. The maximum atomic E-state index is 14.3. The molecule has 1 aliphatic heterocycles. The molecule has 0 aromatic heterocycles. The molecule has 192 valence electrons. The molecule has 0 radical (unpaired) electrons. The molecule has 0 N–H and O–H groups in total. The first-order chi connectivity index (χ1) is 15.8. The molecular weight excluding hydrogens is 655 g/mol. The van der Waals surface area contributed by atoms with Gasteiger partial charge in [-0.3, -0.25) is 0 Å². The maximum absolute atomic E-state index is 14.3. The number of benzene rings is 2. The molecule has 3 rings (SSSR count). The number of non-ortho nitro benzene ring substituents is 2. The summed E-state index contributed by atoms with van der Waals surface area (Å²) in [7, 11) is -14.1. The number of rotatable bonds is 5. The summed E-state index contributed by atoms with van der Waals surface area (Å²) < 4.78 is 132. The van der Waals surface area contributed by atoms with Crippen LogP contribution < -0.4 is 0 Å². The molecule has 1 fully saturated rings. The van der Waals surface area contributed by atoms with Gasteiger partial charge in [0.25, 0.3) is 0 Å². The Kier molecular flexibility index (Phi) is 6.35. The van der Waals surface area contributed by atoms with Gasteiger partial charge in [0.1, 0.15) is 0 Å². The van der Waals surface area contributed by atoms with Crippen LogP contribution in [0.5, 0.6) is 0 Å². The second kappa shape index (κ2) is 8.23. The van der Waals surface area contributed by atoms with Gasteiger partial charge in [-0.2, -0.15) is 0 Å². The monoisotopic (exact) mass is 663 g/mol. The molecule has 0 bridgehead atoms. The van der Waals surface area contributed by atoms with Crippen LogP contribution in [0.2, 0.25) is 0 Å². The summed E-state index contributed by atoms with van der Waals surface area (Å²) in [6.45, 7) is 0. The molecule has 1 saturated heterocycles. The van der Waals surface area contributed by atoms with Crippen LogP contribution in [0.4, 0.5) is 37.7 Å². The van der Waals surface area contributed by atoms with Crippen molar-refractivity contribution >= 4 is 51.5 Å². The first-order valence-corrected chi connectivity index (χ1v) is 14.4. The van der Waals surface area contributed by atoms with Crippen LogP contribution in [0.25, 0.3) is 0 Å². The van der Waals surface area contributed by atoms with E-state index < -0.39 is 86.9 Å². The van der Waals surface area contributed by atoms with Crippen molar-refractivity contribution in [2.75, 3.05) is 0 Å². The molecule has 0 atom stereocenters. The van der Waals surface area contributed by atoms with Crippen molar-refractivity contribution in [3.8, 4) is 0 Å². The number of nitrogens with zero attached hydrogens (tertiary/aromatic N) is 3. The average Bonchev–Trinajstić information content (AvgIpc) is 2.76. The molecule has 0 unspecified atom stereocenters. The Morgan fingerprint density at radius 1 is 0.657 bits per heavy atom. The Balaban J connectivity index is 2.39. The van der Waals surface area contributed by atoms with E-state index in [1.54, 1.807) is 0 Å². The molecule has 0 spiro atoms. The van der Waals surface area contributed by atoms with Crippen molar-refractivity contribution < 1.29 is 53.0 Å². The SMILES string of the molecule is O=[N+]([O-])c1ccc(I(c2ccc([N+](=O)[O-])cc2)N2S(=O)(=O)C(F)(F)C(F)(F)C(F)(F)S2(=O)=O)cc1. The number of halogens is 7. The summed E-state index contributed by atoms with van der Waals surface area (Å²) in [6, 6.07) is 5.38. The van der Waals surface area contributed by atoms with Gasteiger partial charge in [0, 0.05) is 0 Å². The minimum absolute atomic E-state index is 0.599. The van der Waals surface area contributed by atoms with E-state index in [1.165, 1.54) is 0 Å². The molecule has 0 saturated carbocycles. The normalized spacial score (nSPS) is 22.2. The fourth-order valence-electron chi connectivity index (χ4n) is 2.63. The van der Waals surface area contributed by atoms with Gasteiger partial charge in [-0.15, -0.1) is 0 Å². The molecule has 20 heteroatoms. The van der Waals surface area contributed by atoms with Crippen LogP contribution in [-0.4, -0.2) is 45.0 Å².